The minimum atomic E-state index is -3.74. The molecule has 2 heterocycles. The number of rotatable bonds is 6. The average molecular weight is 363 g/mol. The lowest BCUT2D eigenvalue weighted by Crippen LogP contribution is -2.35. The Bertz CT molecular complexity index is 844. The second kappa shape index (κ2) is 6.45. The van der Waals surface area contributed by atoms with Gasteiger partial charge >= 0.3 is 0 Å². The van der Waals surface area contributed by atoms with E-state index in [9.17, 15) is 8.42 Å². The predicted molar refractivity (Wildman–Crippen MR) is 95.5 cm³/mol. The first-order chi connectivity index (χ1) is 11.5. The van der Waals surface area contributed by atoms with Crippen LogP contribution in [0.2, 0.25) is 0 Å². The number of nitrogens with zero attached hydrogens (tertiary/aromatic N) is 2. The van der Waals surface area contributed by atoms with Gasteiger partial charge in [-0.3, -0.25) is 4.99 Å². The summed E-state index contributed by atoms with van der Waals surface area (Å²) >= 11 is 4.50. The first-order valence-corrected chi connectivity index (χ1v) is 9.27. The Morgan fingerprint density at radius 3 is 2.62 bits per heavy atom. The van der Waals surface area contributed by atoms with Crippen molar-refractivity contribution < 1.29 is 13.2 Å². The molecule has 1 aliphatic heterocycles. The Hall–Kier alpha value is -2.06. The minimum Gasteiger partial charge on any atom is -0.497 e. The number of aromatic nitrogens is 2. The number of aromatic amines is 1. The SMILES string of the molecule is COc1ccc(S(=O)(=O)C2(CC(S)c3ncc[nH]3)C=CC=N2)cc1. The number of H-pyrrole nitrogens is 1. The summed E-state index contributed by atoms with van der Waals surface area (Å²) in [6.07, 6.45) is 8.20. The zero-order valence-corrected chi connectivity index (χ0v) is 14.7. The number of imidazole rings is 1. The van der Waals surface area contributed by atoms with E-state index in [4.69, 9.17) is 4.74 Å². The lowest BCUT2D eigenvalue weighted by molar-refractivity contribution is 0.414. The highest BCUT2D eigenvalue weighted by Crippen LogP contribution is 2.40. The van der Waals surface area contributed by atoms with Crippen LogP contribution in [0.1, 0.15) is 17.5 Å². The fourth-order valence-electron chi connectivity index (χ4n) is 2.59. The number of nitrogens with one attached hydrogen (secondary N) is 1. The van der Waals surface area contributed by atoms with Crippen LogP contribution in [0, 0.1) is 0 Å². The fourth-order valence-corrected chi connectivity index (χ4v) is 4.88. The smallest absolute Gasteiger partial charge is 0.207 e. The van der Waals surface area contributed by atoms with Gasteiger partial charge in [-0.1, -0.05) is 0 Å². The molecule has 0 fully saturated rings. The summed E-state index contributed by atoms with van der Waals surface area (Å²) in [6, 6.07) is 6.29. The minimum absolute atomic E-state index is 0.172. The van der Waals surface area contributed by atoms with Crippen LogP contribution in [-0.4, -0.2) is 36.6 Å². The van der Waals surface area contributed by atoms with E-state index < -0.39 is 20.0 Å². The van der Waals surface area contributed by atoms with Crippen molar-refractivity contribution in [1.82, 2.24) is 9.97 Å². The topological polar surface area (TPSA) is 84.4 Å². The quantitative estimate of drug-likeness (QED) is 0.773. The van der Waals surface area contributed by atoms with Crippen molar-refractivity contribution in [2.75, 3.05) is 7.11 Å². The number of hydrogen-bond donors (Lipinski definition) is 2. The summed E-state index contributed by atoms with van der Waals surface area (Å²) in [6.45, 7) is 0. The number of methoxy groups -OCH3 is 1. The lowest BCUT2D eigenvalue weighted by atomic mass is 10.1. The number of hydrogen-bond acceptors (Lipinski definition) is 6. The monoisotopic (exact) mass is 363 g/mol. The summed E-state index contributed by atoms with van der Waals surface area (Å²) in [4.78, 5) is 10.2. The molecule has 1 N–H and O–H groups in total. The Balaban J connectivity index is 1.97. The third kappa shape index (κ3) is 2.87. The van der Waals surface area contributed by atoms with Gasteiger partial charge in [0, 0.05) is 25.0 Å². The van der Waals surface area contributed by atoms with Crippen LogP contribution < -0.4 is 4.74 Å². The lowest BCUT2D eigenvalue weighted by Gasteiger charge is -2.26. The highest BCUT2D eigenvalue weighted by molar-refractivity contribution is 7.93. The Morgan fingerprint density at radius 1 is 1.33 bits per heavy atom. The second-order valence-electron chi connectivity index (χ2n) is 5.36. The number of aliphatic imine (C=N–C) groups is 1. The summed E-state index contributed by atoms with van der Waals surface area (Å²) in [5.74, 6) is 1.20. The Kier molecular flexibility index (Phi) is 4.51. The first-order valence-electron chi connectivity index (χ1n) is 7.27. The van der Waals surface area contributed by atoms with E-state index in [1.807, 2.05) is 0 Å². The van der Waals surface area contributed by atoms with Crippen LogP contribution in [0.25, 0.3) is 0 Å². The molecule has 1 aromatic heterocycles. The molecule has 24 heavy (non-hydrogen) atoms. The van der Waals surface area contributed by atoms with Crippen LogP contribution in [0.3, 0.4) is 0 Å². The van der Waals surface area contributed by atoms with Crippen LogP contribution in [0.4, 0.5) is 0 Å². The molecule has 0 spiro atoms. The van der Waals surface area contributed by atoms with Crippen molar-refractivity contribution in [3.05, 3.63) is 54.6 Å². The van der Waals surface area contributed by atoms with Crippen molar-refractivity contribution >= 4 is 28.7 Å². The van der Waals surface area contributed by atoms with Gasteiger partial charge in [0.05, 0.1) is 17.3 Å². The van der Waals surface area contributed by atoms with E-state index in [2.05, 4.69) is 27.6 Å². The third-order valence-electron chi connectivity index (χ3n) is 3.89. The van der Waals surface area contributed by atoms with E-state index in [1.165, 1.54) is 25.5 Å². The molecule has 2 unspecified atom stereocenters. The molecule has 6 nitrogen and oxygen atoms in total. The zero-order chi connectivity index (χ0) is 17.2. The van der Waals surface area contributed by atoms with Gasteiger partial charge in [-0.15, -0.1) is 0 Å². The van der Waals surface area contributed by atoms with Crippen molar-refractivity contribution in [3.63, 3.8) is 0 Å². The maximum atomic E-state index is 13.2. The largest absolute Gasteiger partial charge is 0.497 e. The van der Waals surface area contributed by atoms with E-state index >= 15 is 0 Å². The van der Waals surface area contributed by atoms with Gasteiger partial charge in [0.15, 0.2) is 4.87 Å². The average Bonchev–Trinajstić information content (AvgIpc) is 3.27. The van der Waals surface area contributed by atoms with Gasteiger partial charge < -0.3 is 9.72 Å². The molecular formula is C16H17N3O3S2. The molecule has 1 aliphatic rings. The van der Waals surface area contributed by atoms with Gasteiger partial charge in [0.2, 0.25) is 9.84 Å². The van der Waals surface area contributed by atoms with E-state index in [1.54, 1.807) is 36.7 Å². The van der Waals surface area contributed by atoms with Crippen LogP contribution in [-0.2, 0) is 9.84 Å². The highest BCUT2D eigenvalue weighted by Gasteiger charge is 2.45. The molecule has 0 amide bonds. The molecule has 2 aromatic rings. The van der Waals surface area contributed by atoms with Crippen molar-refractivity contribution in [2.24, 2.45) is 4.99 Å². The van der Waals surface area contributed by atoms with Gasteiger partial charge in [0.1, 0.15) is 11.6 Å². The molecule has 2 atom stereocenters. The van der Waals surface area contributed by atoms with Gasteiger partial charge in [-0.25, -0.2) is 13.4 Å². The van der Waals surface area contributed by atoms with Gasteiger partial charge in [-0.2, -0.15) is 12.6 Å². The molecule has 3 rings (SSSR count). The molecule has 0 saturated heterocycles. The van der Waals surface area contributed by atoms with E-state index in [-0.39, 0.29) is 11.3 Å². The number of thiol groups is 1. The van der Waals surface area contributed by atoms with Crippen LogP contribution >= 0.6 is 12.6 Å². The van der Waals surface area contributed by atoms with Crippen LogP contribution in [0.5, 0.6) is 5.75 Å². The Labute approximate surface area is 146 Å². The molecule has 0 radical (unpaired) electrons. The predicted octanol–water partition coefficient (Wildman–Crippen LogP) is 2.59. The normalized spacial score (nSPS) is 21.1. The number of benzene rings is 1. The van der Waals surface area contributed by atoms with E-state index in [0.717, 1.165) is 0 Å². The summed E-state index contributed by atoms with van der Waals surface area (Å²) in [5, 5.41) is -0.395. The van der Waals surface area contributed by atoms with Crippen molar-refractivity contribution in [2.45, 2.75) is 21.4 Å². The van der Waals surface area contributed by atoms with Gasteiger partial charge in [-0.05, 0) is 36.4 Å². The molecule has 0 bridgehead atoms. The molecule has 8 heteroatoms. The molecular weight excluding hydrogens is 346 g/mol. The maximum absolute atomic E-state index is 13.2. The van der Waals surface area contributed by atoms with E-state index in [0.29, 0.717) is 11.6 Å². The Morgan fingerprint density at radius 2 is 2.08 bits per heavy atom. The van der Waals surface area contributed by atoms with Crippen LogP contribution in [0.15, 0.2) is 58.7 Å². The molecule has 1 aromatic carbocycles. The third-order valence-corrected chi connectivity index (χ3v) is 6.55. The number of allylic oxidation sites excluding steroid dienone is 1. The maximum Gasteiger partial charge on any atom is 0.207 e. The van der Waals surface area contributed by atoms with Crippen molar-refractivity contribution in [3.8, 4) is 5.75 Å². The number of ether oxygens (including phenoxy) is 1. The number of sulfone groups is 1. The zero-order valence-electron chi connectivity index (χ0n) is 13.0. The fraction of sp³-hybridized carbons (Fsp3) is 0.250. The van der Waals surface area contributed by atoms with Crippen molar-refractivity contribution in [1.29, 1.82) is 0 Å². The highest BCUT2D eigenvalue weighted by atomic mass is 32.2. The summed E-state index contributed by atoms with van der Waals surface area (Å²) in [7, 11) is -2.21. The van der Waals surface area contributed by atoms with Gasteiger partial charge in [0.25, 0.3) is 0 Å². The first kappa shape index (κ1) is 16.8. The molecule has 126 valence electrons. The molecule has 0 saturated carbocycles. The summed E-state index contributed by atoms with van der Waals surface area (Å²) < 4.78 is 31.5. The standard InChI is InChI=1S/C16H17N3O3S2/c1-22-12-3-5-13(6-4-12)24(20,21)16(7-2-8-19-16)11-14(23)15-17-9-10-18-15/h2-10,14,23H,11H2,1H3,(H,17,18). The molecule has 0 aliphatic carbocycles. The second-order valence-corrected chi connectivity index (χ2v) is 8.16. The summed E-state index contributed by atoms with van der Waals surface area (Å²) in [5.41, 5.74) is 0.